The first-order valence-electron chi connectivity index (χ1n) is 8.23. The van der Waals surface area contributed by atoms with E-state index in [4.69, 9.17) is 0 Å². The molecule has 0 radical (unpaired) electrons. The quantitative estimate of drug-likeness (QED) is 0.747. The maximum absolute atomic E-state index is 12.7. The Balaban J connectivity index is 1.81. The molecule has 0 amide bonds. The number of rotatable bonds is 1. The number of nitrogens with one attached hydrogen (secondary N) is 1. The second-order valence-corrected chi connectivity index (χ2v) is 6.29. The highest BCUT2D eigenvalue weighted by Gasteiger charge is 2.36. The Labute approximate surface area is 139 Å². The van der Waals surface area contributed by atoms with Crippen LogP contribution in [-0.4, -0.2) is 20.5 Å². The van der Waals surface area contributed by atoms with Crippen LogP contribution in [0.2, 0.25) is 0 Å². The van der Waals surface area contributed by atoms with Gasteiger partial charge in [-0.1, -0.05) is 42.5 Å². The Bertz CT molecular complexity index is 996. The number of aromatic nitrogens is 3. The summed E-state index contributed by atoms with van der Waals surface area (Å²) in [5.74, 6) is 0.921. The molecule has 5 rings (SSSR count). The summed E-state index contributed by atoms with van der Waals surface area (Å²) in [6.07, 6.45) is 3.92. The van der Waals surface area contributed by atoms with Gasteiger partial charge in [0, 0.05) is 17.7 Å². The monoisotopic (exact) mass is 316 g/mol. The first-order valence-corrected chi connectivity index (χ1v) is 8.23. The van der Waals surface area contributed by atoms with Gasteiger partial charge < -0.3 is 5.32 Å². The average Bonchev–Trinajstić information content (AvgIpc) is 3.08. The summed E-state index contributed by atoms with van der Waals surface area (Å²) in [5.41, 5.74) is 2.95. The molecule has 0 saturated heterocycles. The van der Waals surface area contributed by atoms with E-state index >= 15 is 0 Å². The van der Waals surface area contributed by atoms with Crippen molar-refractivity contribution in [2.75, 3.05) is 5.32 Å². The molecule has 3 aromatic rings. The zero-order chi connectivity index (χ0) is 16.1. The summed E-state index contributed by atoms with van der Waals surface area (Å²) in [6.45, 7) is 0. The maximum Gasteiger partial charge on any atom is 0.226 e. The Morgan fingerprint density at radius 2 is 1.96 bits per heavy atom. The van der Waals surface area contributed by atoms with Crippen molar-refractivity contribution < 1.29 is 4.79 Å². The van der Waals surface area contributed by atoms with E-state index in [9.17, 15) is 4.79 Å². The first kappa shape index (κ1) is 13.5. The normalized spacial score (nSPS) is 19.8. The van der Waals surface area contributed by atoms with Gasteiger partial charge in [0.2, 0.25) is 5.95 Å². The predicted octanol–water partition coefficient (Wildman–Crippen LogP) is 3.45. The summed E-state index contributed by atoms with van der Waals surface area (Å²) in [4.78, 5) is 17.0. The van der Waals surface area contributed by atoms with Gasteiger partial charge in [-0.2, -0.15) is 10.1 Å². The van der Waals surface area contributed by atoms with E-state index in [0.717, 1.165) is 35.1 Å². The number of Topliss-reactive ketones (excluding diaryl/α,β-unsaturated/α-hetero) is 1. The van der Waals surface area contributed by atoms with Gasteiger partial charge in [-0.05, 0) is 29.2 Å². The van der Waals surface area contributed by atoms with E-state index in [1.807, 2.05) is 22.9 Å². The number of hydrogen-bond donors (Lipinski definition) is 1. The molecule has 1 N–H and O–H groups in total. The molecule has 2 aliphatic rings. The van der Waals surface area contributed by atoms with Crippen LogP contribution in [0.15, 0.2) is 60.1 Å². The number of nitrogens with zero attached hydrogens (tertiary/aromatic N) is 3. The fourth-order valence-electron chi connectivity index (χ4n) is 3.87. The van der Waals surface area contributed by atoms with E-state index in [2.05, 4.69) is 39.7 Å². The lowest BCUT2D eigenvalue weighted by Crippen LogP contribution is -2.31. The first-order chi connectivity index (χ1) is 11.8. The molecule has 5 heteroatoms. The molecule has 24 heavy (non-hydrogen) atoms. The molecular formula is C19H16N4O. The van der Waals surface area contributed by atoms with Crippen LogP contribution in [0.25, 0.3) is 10.8 Å². The van der Waals surface area contributed by atoms with Crippen LogP contribution in [0.5, 0.6) is 0 Å². The molecular weight excluding hydrogens is 300 g/mol. The van der Waals surface area contributed by atoms with Crippen LogP contribution in [0.4, 0.5) is 5.95 Å². The lowest BCUT2D eigenvalue weighted by Gasteiger charge is -2.32. The Hall–Kier alpha value is -2.95. The van der Waals surface area contributed by atoms with Crippen LogP contribution in [0, 0.1) is 0 Å². The van der Waals surface area contributed by atoms with E-state index < -0.39 is 0 Å². The molecule has 5 nitrogen and oxygen atoms in total. The minimum absolute atomic E-state index is 0.211. The van der Waals surface area contributed by atoms with E-state index in [1.54, 1.807) is 6.33 Å². The largest absolute Gasteiger partial charge is 0.328 e. The molecule has 0 bridgehead atoms. The molecule has 1 aliphatic carbocycles. The zero-order valence-electron chi connectivity index (χ0n) is 13.1. The van der Waals surface area contributed by atoms with Gasteiger partial charge in [-0.25, -0.2) is 4.68 Å². The molecule has 0 saturated carbocycles. The number of anilines is 1. The number of fused-ring (bicyclic) bond motifs is 2. The van der Waals surface area contributed by atoms with Gasteiger partial charge >= 0.3 is 0 Å². The van der Waals surface area contributed by atoms with Crippen molar-refractivity contribution in [1.29, 1.82) is 0 Å². The molecule has 2 heterocycles. The number of benzene rings is 2. The summed E-state index contributed by atoms with van der Waals surface area (Å²) in [5, 5.41) is 10.0. The van der Waals surface area contributed by atoms with Crippen LogP contribution in [0.3, 0.4) is 0 Å². The van der Waals surface area contributed by atoms with Gasteiger partial charge in [0.15, 0.2) is 5.78 Å². The van der Waals surface area contributed by atoms with Crippen LogP contribution >= 0.6 is 0 Å². The SMILES string of the molecule is O=C1CCCC2=C1C(c1cccc3ccccc13)n1ncnc1N2. The van der Waals surface area contributed by atoms with Gasteiger partial charge in [0.25, 0.3) is 0 Å². The van der Waals surface area contributed by atoms with Crippen molar-refractivity contribution in [3.63, 3.8) is 0 Å². The molecule has 0 spiro atoms. The smallest absolute Gasteiger partial charge is 0.226 e. The van der Waals surface area contributed by atoms with Crippen molar-refractivity contribution >= 4 is 22.5 Å². The van der Waals surface area contributed by atoms with Gasteiger partial charge in [0.1, 0.15) is 12.4 Å². The van der Waals surface area contributed by atoms with Crippen molar-refractivity contribution in [2.24, 2.45) is 0 Å². The molecule has 1 unspecified atom stereocenters. The van der Waals surface area contributed by atoms with Crippen LogP contribution in [-0.2, 0) is 4.79 Å². The van der Waals surface area contributed by atoms with Crippen molar-refractivity contribution in [3.8, 4) is 0 Å². The zero-order valence-corrected chi connectivity index (χ0v) is 13.1. The lowest BCUT2D eigenvalue weighted by molar-refractivity contribution is -0.116. The lowest BCUT2D eigenvalue weighted by atomic mass is 9.84. The Morgan fingerprint density at radius 3 is 2.92 bits per heavy atom. The summed E-state index contributed by atoms with van der Waals surface area (Å²) in [7, 11) is 0. The molecule has 1 atom stereocenters. The van der Waals surface area contributed by atoms with E-state index in [1.165, 1.54) is 5.39 Å². The predicted molar refractivity (Wildman–Crippen MR) is 91.6 cm³/mol. The highest BCUT2D eigenvalue weighted by Crippen LogP contribution is 2.41. The standard InChI is InChI=1S/C19H16N4O/c24-16-10-4-9-15-17(16)18(23-19(22-15)20-11-21-23)14-8-3-6-12-5-1-2-7-13(12)14/h1-3,5-8,11,18H,4,9-10H2,(H,20,21,22). The third-order valence-corrected chi connectivity index (χ3v) is 4.93. The fraction of sp³-hybridized carbons (Fsp3) is 0.211. The number of carbonyl (C=O) groups excluding carboxylic acids is 1. The van der Waals surface area contributed by atoms with E-state index in [0.29, 0.717) is 12.4 Å². The summed E-state index contributed by atoms with van der Waals surface area (Å²) >= 11 is 0. The van der Waals surface area contributed by atoms with Crippen molar-refractivity contribution in [2.45, 2.75) is 25.3 Å². The molecule has 1 aliphatic heterocycles. The molecule has 1 aromatic heterocycles. The second-order valence-electron chi connectivity index (χ2n) is 6.29. The highest BCUT2D eigenvalue weighted by molar-refractivity contribution is 6.00. The van der Waals surface area contributed by atoms with Gasteiger partial charge in [0.05, 0.1) is 0 Å². The minimum atomic E-state index is -0.211. The van der Waals surface area contributed by atoms with Crippen LogP contribution in [0.1, 0.15) is 30.9 Å². The minimum Gasteiger partial charge on any atom is -0.328 e. The van der Waals surface area contributed by atoms with Crippen molar-refractivity contribution in [1.82, 2.24) is 14.8 Å². The van der Waals surface area contributed by atoms with Gasteiger partial charge in [-0.15, -0.1) is 0 Å². The van der Waals surface area contributed by atoms with Crippen molar-refractivity contribution in [3.05, 3.63) is 65.6 Å². The number of ketones is 1. The van der Waals surface area contributed by atoms with Gasteiger partial charge in [-0.3, -0.25) is 4.79 Å². The fourth-order valence-corrected chi connectivity index (χ4v) is 3.87. The number of allylic oxidation sites excluding steroid dienone is 2. The highest BCUT2D eigenvalue weighted by atomic mass is 16.1. The third-order valence-electron chi connectivity index (χ3n) is 4.93. The molecule has 0 fully saturated rings. The number of hydrogen-bond acceptors (Lipinski definition) is 4. The van der Waals surface area contributed by atoms with Crippen LogP contribution < -0.4 is 5.32 Å². The third kappa shape index (κ3) is 1.84. The Morgan fingerprint density at radius 1 is 1.08 bits per heavy atom. The Kier molecular flexibility index (Phi) is 2.82. The van der Waals surface area contributed by atoms with E-state index in [-0.39, 0.29) is 11.8 Å². The number of carbonyl (C=O) groups is 1. The molecule has 2 aromatic carbocycles. The topological polar surface area (TPSA) is 59.8 Å². The second kappa shape index (κ2) is 5.03. The maximum atomic E-state index is 12.7. The molecule has 118 valence electrons. The summed E-state index contributed by atoms with van der Waals surface area (Å²) < 4.78 is 1.84. The average molecular weight is 316 g/mol. The summed E-state index contributed by atoms with van der Waals surface area (Å²) in [6, 6.07) is 14.3.